The van der Waals surface area contributed by atoms with E-state index in [0.29, 0.717) is 16.6 Å². The van der Waals surface area contributed by atoms with Crippen LogP contribution >= 0.6 is 23.2 Å². The summed E-state index contributed by atoms with van der Waals surface area (Å²) in [5.41, 5.74) is 8.55. The number of hydrogen-bond donors (Lipinski definition) is 1. The normalized spacial score (nSPS) is 12.7. The molecule has 0 aliphatic carbocycles. The lowest BCUT2D eigenvalue weighted by Gasteiger charge is -2.19. The summed E-state index contributed by atoms with van der Waals surface area (Å²) in [6.45, 7) is 4.23. The van der Waals surface area contributed by atoms with E-state index in [1.807, 2.05) is 42.8 Å². The fourth-order valence-electron chi connectivity index (χ4n) is 2.05. The van der Waals surface area contributed by atoms with Crippen molar-refractivity contribution in [2.24, 2.45) is 5.73 Å². The van der Waals surface area contributed by atoms with Crippen LogP contribution in [0.2, 0.25) is 10.0 Å². The van der Waals surface area contributed by atoms with Crippen molar-refractivity contribution in [3.8, 4) is 0 Å². The van der Waals surface area contributed by atoms with Crippen molar-refractivity contribution in [3.63, 3.8) is 0 Å². The number of hydrogen-bond acceptors (Lipinski definition) is 2. The third-order valence-electron chi connectivity index (χ3n) is 3.02. The summed E-state index contributed by atoms with van der Waals surface area (Å²) in [5, 5.41) is 5.82. The van der Waals surface area contributed by atoms with Crippen LogP contribution in [0.3, 0.4) is 0 Å². The largest absolute Gasteiger partial charge is 0.328 e. The van der Waals surface area contributed by atoms with E-state index in [-0.39, 0.29) is 6.04 Å². The van der Waals surface area contributed by atoms with Crippen molar-refractivity contribution in [2.45, 2.75) is 19.9 Å². The van der Waals surface area contributed by atoms with E-state index in [9.17, 15) is 0 Å². The lowest BCUT2D eigenvalue weighted by atomic mass is 10.1. The average molecular weight is 284 g/mol. The molecule has 1 aromatic heterocycles. The van der Waals surface area contributed by atoms with Crippen molar-refractivity contribution >= 4 is 23.2 Å². The molecule has 5 heteroatoms. The van der Waals surface area contributed by atoms with Gasteiger partial charge in [-0.2, -0.15) is 5.10 Å². The van der Waals surface area contributed by atoms with Gasteiger partial charge >= 0.3 is 0 Å². The molecule has 1 aromatic carbocycles. The maximum atomic E-state index is 6.22. The van der Waals surface area contributed by atoms with Crippen LogP contribution in [0.15, 0.2) is 24.3 Å². The van der Waals surface area contributed by atoms with Crippen molar-refractivity contribution in [3.05, 3.63) is 51.3 Å². The van der Waals surface area contributed by atoms with Crippen LogP contribution in [0.1, 0.15) is 23.0 Å². The first-order valence-corrected chi connectivity index (χ1v) is 6.47. The highest BCUT2D eigenvalue weighted by molar-refractivity contribution is 6.32. The second kappa shape index (κ2) is 5.31. The van der Waals surface area contributed by atoms with E-state index < -0.39 is 0 Å². The second-order valence-corrected chi connectivity index (χ2v) is 4.99. The predicted molar refractivity (Wildman–Crippen MR) is 75.4 cm³/mol. The summed E-state index contributed by atoms with van der Waals surface area (Å²) < 4.78 is 1.85. The van der Waals surface area contributed by atoms with Crippen LogP contribution in [-0.2, 0) is 0 Å². The van der Waals surface area contributed by atoms with E-state index in [1.54, 1.807) is 0 Å². The summed E-state index contributed by atoms with van der Waals surface area (Å²) in [4.78, 5) is 0. The van der Waals surface area contributed by atoms with Gasteiger partial charge in [0, 0.05) is 11.6 Å². The fraction of sp³-hybridized carbons (Fsp3) is 0.308. The zero-order chi connectivity index (χ0) is 13.3. The molecule has 0 aliphatic heterocycles. The van der Waals surface area contributed by atoms with Gasteiger partial charge in [-0.1, -0.05) is 41.4 Å². The Kier molecular flexibility index (Phi) is 3.95. The summed E-state index contributed by atoms with van der Waals surface area (Å²) in [6.07, 6.45) is 0. The molecule has 2 N–H and O–H groups in total. The van der Waals surface area contributed by atoms with E-state index in [2.05, 4.69) is 5.10 Å². The van der Waals surface area contributed by atoms with Crippen LogP contribution in [0, 0.1) is 13.8 Å². The maximum absolute atomic E-state index is 6.22. The minimum absolute atomic E-state index is 0.0927. The molecule has 0 fully saturated rings. The Morgan fingerprint density at radius 2 is 1.94 bits per heavy atom. The standard InChI is InChI=1S/C13H15Cl2N3/c1-8-13(15)9(2)18(17-8)12(7-16)10-5-3-4-6-11(10)14/h3-6,12H,7,16H2,1-2H3. The smallest absolute Gasteiger partial charge is 0.0908 e. The van der Waals surface area contributed by atoms with Crippen LogP contribution in [0.4, 0.5) is 0 Å². The van der Waals surface area contributed by atoms with Crippen LogP contribution in [-0.4, -0.2) is 16.3 Å². The SMILES string of the molecule is Cc1nn(C(CN)c2ccccc2Cl)c(C)c1Cl. The Labute approximate surface area is 117 Å². The zero-order valence-electron chi connectivity index (χ0n) is 10.3. The van der Waals surface area contributed by atoms with Gasteiger partial charge in [-0.15, -0.1) is 0 Å². The Morgan fingerprint density at radius 3 is 2.44 bits per heavy atom. The number of nitrogens with zero attached hydrogens (tertiary/aromatic N) is 2. The fourth-order valence-corrected chi connectivity index (χ4v) is 2.44. The van der Waals surface area contributed by atoms with Crippen molar-refractivity contribution in [1.29, 1.82) is 0 Å². The molecule has 2 aromatic rings. The van der Waals surface area contributed by atoms with Gasteiger partial charge in [0.25, 0.3) is 0 Å². The highest BCUT2D eigenvalue weighted by Gasteiger charge is 2.20. The summed E-state index contributed by atoms with van der Waals surface area (Å²) in [5.74, 6) is 0. The molecule has 1 unspecified atom stereocenters. The van der Waals surface area contributed by atoms with Gasteiger partial charge in [0.1, 0.15) is 0 Å². The molecular weight excluding hydrogens is 269 g/mol. The third-order valence-corrected chi connectivity index (χ3v) is 3.91. The zero-order valence-corrected chi connectivity index (χ0v) is 11.8. The molecule has 18 heavy (non-hydrogen) atoms. The number of rotatable bonds is 3. The maximum Gasteiger partial charge on any atom is 0.0908 e. The van der Waals surface area contributed by atoms with Crippen LogP contribution in [0.25, 0.3) is 0 Å². The van der Waals surface area contributed by atoms with Gasteiger partial charge in [0.05, 0.1) is 22.5 Å². The molecule has 0 saturated heterocycles. The number of nitrogens with two attached hydrogens (primary N) is 1. The molecule has 96 valence electrons. The third kappa shape index (κ3) is 2.26. The first kappa shape index (κ1) is 13.4. The number of aryl methyl sites for hydroxylation is 1. The molecule has 1 heterocycles. The molecular formula is C13H15Cl2N3. The van der Waals surface area contributed by atoms with Gasteiger partial charge < -0.3 is 5.73 Å². The molecule has 2 rings (SSSR count). The summed E-state index contributed by atoms with van der Waals surface area (Å²) in [6, 6.07) is 7.56. The van der Waals surface area contributed by atoms with Gasteiger partial charge in [-0.05, 0) is 25.5 Å². The number of halogens is 2. The molecule has 0 saturated carbocycles. The number of aromatic nitrogens is 2. The van der Waals surface area contributed by atoms with Gasteiger partial charge in [0.15, 0.2) is 0 Å². The molecule has 0 spiro atoms. The minimum Gasteiger partial charge on any atom is -0.328 e. The molecule has 0 radical (unpaired) electrons. The van der Waals surface area contributed by atoms with Gasteiger partial charge in [0.2, 0.25) is 0 Å². The Hall–Kier alpha value is -1.03. The lowest BCUT2D eigenvalue weighted by molar-refractivity contribution is 0.517. The van der Waals surface area contributed by atoms with E-state index >= 15 is 0 Å². The first-order valence-electron chi connectivity index (χ1n) is 5.72. The average Bonchev–Trinajstić information content (AvgIpc) is 2.61. The molecule has 0 aliphatic rings. The van der Waals surface area contributed by atoms with Crippen LogP contribution < -0.4 is 5.73 Å². The van der Waals surface area contributed by atoms with Gasteiger partial charge in [-0.3, -0.25) is 4.68 Å². The van der Waals surface area contributed by atoms with E-state index in [4.69, 9.17) is 28.9 Å². The quantitative estimate of drug-likeness (QED) is 0.939. The highest BCUT2D eigenvalue weighted by Crippen LogP contribution is 2.29. The minimum atomic E-state index is -0.0927. The molecule has 1 atom stereocenters. The highest BCUT2D eigenvalue weighted by atomic mass is 35.5. The van der Waals surface area contributed by atoms with Crippen molar-refractivity contribution in [1.82, 2.24) is 9.78 Å². The second-order valence-electron chi connectivity index (χ2n) is 4.20. The lowest BCUT2D eigenvalue weighted by Crippen LogP contribution is -2.22. The molecule has 0 bridgehead atoms. The Morgan fingerprint density at radius 1 is 1.28 bits per heavy atom. The topological polar surface area (TPSA) is 43.8 Å². The predicted octanol–water partition coefficient (Wildman–Crippen LogP) is 3.35. The molecule has 3 nitrogen and oxygen atoms in total. The summed E-state index contributed by atoms with van der Waals surface area (Å²) >= 11 is 12.4. The Balaban J connectivity index is 2.52. The number of benzene rings is 1. The van der Waals surface area contributed by atoms with Gasteiger partial charge in [-0.25, -0.2) is 0 Å². The van der Waals surface area contributed by atoms with Crippen molar-refractivity contribution < 1.29 is 0 Å². The monoisotopic (exact) mass is 283 g/mol. The Bertz CT molecular complexity index is 563. The molecule has 0 amide bonds. The van der Waals surface area contributed by atoms with E-state index in [0.717, 1.165) is 17.0 Å². The first-order chi connectivity index (χ1) is 8.56. The van der Waals surface area contributed by atoms with Crippen LogP contribution in [0.5, 0.6) is 0 Å². The van der Waals surface area contributed by atoms with Crippen molar-refractivity contribution in [2.75, 3.05) is 6.54 Å². The summed E-state index contributed by atoms with van der Waals surface area (Å²) in [7, 11) is 0. The van der Waals surface area contributed by atoms with E-state index in [1.165, 1.54) is 0 Å².